The van der Waals surface area contributed by atoms with Gasteiger partial charge in [-0.05, 0) is 25.0 Å². The molecule has 1 rings (SSSR count). The highest BCUT2D eigenvalue weighted by Gasteiger charge is 2.22. The maximum absolute atomic E-state index is 10.6. The fraction of sp³-hybridized carbons (Fsp3) is 0.462. The maximum Gasteiger partial charge on any atom is 0.150 e. The molecule has 0 atom stereocenters. The summed E-state index contributed by atoms with van der Waals surface area (Å²) in [6.45, 7) is 3.98. The number of benzene rings is 1. The van der Waals surface area contributed by atoms with Crippen LogP contribution in [0, 0.1) is 0 Å². The van der Waals surface area contributed by atoms with Crippen molar-refractivity contribution in [2.45, 2.75) is 37.2 Å². The van der Waals surface area contributed by atoms with Gasteiger partial charge < -0.3 is 5.11 Å². The fourth-order valence-corrected chi connectivity index (χ4v) is 2.59. The molecular formula is C13H18O2S. The van der Waals surface area contributed by atoms with Crippen molar-refractivity contribution >= 4 is 18.0 Å². The highest BCUT2D eigenvalue weighted by atomic mass is 32.2. The van der Waals surface area contributed by atoms with Crippen LogP contribution < -0.4 is 0 Å². The predicted molar refractivity (Wildman–Crippen MR) is 68.1 cm³/mol. The summed E-state index contributed by atoms with van der Waals surface area (Å²) in [6.07, 6.45) is 2.35. The van der Waals surface area contributed by atoms with Gasteiger partial charge in [-0.2, -0.15) is 0 Å². The number of carbonyl (C=O) groups excluding carboxylic acids is 1. The molecule has 0 radical (unpaired) electrons. The third kappa shape index (κ3) is 3.65. The SMILES string of the molecule is CCC(O)(CC)CSc1cccc(C=O)c1. The van der Waals surface area contributed by atoms with Crippen LogP contribution in [0.25, 0.3) is 0 Å². The number of rotatable bonds is 6. The van der Waals surface area contributed by atoms with Crippen molar-refractivity contribution in [3.63, 3.8) is 0 Å². The highest BCUT2D eigenvalue weighted by molar-refractivity contribution is 7.99. The molecule has 0 aliphatic carbocycles. The molecule has 3 heteroatoms. The van der Waals surface area contributed by atoms with Gasteiger partial charge in [0.05, 0.1) is 5.60 Å². The first kappa shape index (κ1) is 13.3. The number of hydrogen-bond acceptors (Lipinski definition) is 3. The van der Waals surface area contributed by atoms with Gasteiger partial charge >= 0.3 is 0 Å². The normalized spacial score (nSPS) is 11.4. The van der Waals surface area contributed by atoms with Gasteiger partial charge in [-0.15, -0.1) is 11.8 Å². The molecule has 0 fully saturated rings. The van der Waals surface area contributed by atoms with Crippen molar-refractivity contribution in [2.75, 3.05) is 5.75 Å². The molecule has 2 nitrogen and oxygen atoms in total. The molecule has 0 aliphatic heterocycles. The standard InChI is InChI=1S/C13H18O2S/c1-3-13(15,4-2)10-16-12-7-5-6-11(8-12)9-14/h5-9,15H,3-4,10H2,1-2H3. The molecule has 0 saturated carbocycles. The smallest absolute Gasteiger partial charge is 0.150 e. The lowest BCUT2D eigenvalue weighted by Crippen LogP contribution is -2.29. The minimum atomic E-state index is -0.595. The lowest BCUT2D eigenvalue weighted by molar-refractivity contribution is 0.0572. The Balaban J connectivity index is 2.63. The lowest BCUT2D eigenvalue weighted by Gasteiger charge is -2.24. The summed E-state index contributed by atoms with van der Waals surface area (Å²) in [4.78, 5) is 11.6. The Labute approximate surface area is 101 Å². The third-order valence-corrected chi connectivity index (χ3v) is 4.09. The number of aliphatic hydroxyl groups is 1. The first-order valence-corrected chi connectivity index (χ1v) is 6.52. The quantitative estimate of drug-likeness (QED) is 0.611. The molecule has 0 spiro atoms. The summed E-state index contributed by atoms with van der Waals surface area (Å²) in [7, 11) is 0. The van der Waals surface area contributed by atoms with E-state index in [4.69, 9.17) is 0 Å². The number of hydrogen-bond donors (Lipinski definition) is 1. The first-order chi connectivity index (χ1) is 7.63. The molecule has 0 saturated heterocycles. The molecule has 0 bridgehead atoms. The lowest BCUT2D eigenvalue weighted by atomic mass is 10.0. The van der Waals surface area contributed by atoms with Crippen LogP contribution in [0.15, 0.2) is 29.2 Å². The monoisotopic (exact) mass is 238 g/mol. The maximum atomic E-state index is 10.6. The van der Waals surface area contributed by atoms with Crippen LogP contribution in [0.4, 0.5) is 0 Å². The van der Waals surface area contributed by atoms with E-state index in [2.05, 4.69) is 0 Å². The largest absolute Gasteiger partial charge is 0.389 e. The summed E-state index contributed by atoms with van der Waals surface area (Å²) in [6, 6.07) is 7.46. The predicted octanol–water partition coefficient (Wildman–Crippen LogP) is 3.14. The Kier molecular flexibility index (Phi) is 5.03. The van der Waals surface area contributed by atoms with E-state index in [9.17, 15) is 9.90 Å². The second kappa shape index (κ2) is 6.06. The van der Waals surface area contributed by atoms with Crippen molar-refractivity contribution in [3.8, 4) is 0 Å². The van der Waals surface area contributed by atoms with Crippen LogP contribution in [0.3, 0.4) is 0 Å². The molecule has 1 N–H and O–H groups in total. The second-order valence-electron chi connectivity index (χ2n) is 3.91. The van der Waals surface area contributed by atoms with Crippen LogP contribution in [-0.2, 0) is 0 Å². The van der Waals surface area contributed by atoms with Gasteiger partial charge in [0.25, 0.3) is 0 Å². The van der Waals surface area contributed by atoms with Crippen LogP contribution >= 0.6 is 11.8 Å². The van der Waals surface area contributed by atoms with Gasteiger partial charge in [-0.25, -0.2) is 0 Å². The highest BCUT2D eigenvalue weighted by Crippen LogP contribution is 2.26. The molecule has 0 aliphatic rings. The van der Waals surface area contributed by atoms with Gasteiger partial charge in [0.1, 0.15) is 6.29 Å². The Morgan fingerprint density at radius 3 is 2.62 bits per heavy atom. The summed E-state index contributed by atoms with van der Waals surface area (Å²) < 4.78 is 0. The van der Waals surface area contributed by atoms with E-state index in [1.807, 2.05) is 32.0 Å². The summed E-state index contributed by atoms with van der Waals surface area (Å²) in [5, 5.41) is 10.1. The zero-order chi connectivity index (χ0) is 12.0. The zero-order valence-corrected chi connectivity index (χ0v) is 10.6. The van der Waals surface area contributed by atoms with E-state index in [0.717, 1.165) is 24.0 Å². The number of carbonyl (C=O) groups is 1. The Bertz CT molecular complexity index is 346. The van der Waals surface area contributed by atoms with E-state index in [1.165, 1.54) is 0 Å². The van der Waals surface area contributed by atoms with E-state index in [0.29, 0.717) is 11.3 Å². The molecule has 1 aromatic rings. The van der Waals surface area contributed by atoms with Gasteiger partial charge in [-0.3, -0.25) is 4.79 Å². The van der Waals surface area contributed by atoms with Crippen LogP contribution in [0.1, 0.15) is 37.0 Å². The topological polar surface area (TPSA) is 37.3 Å². The van der Waals surface area contributed by atoms with Gasteiger partial charge in [0.2, 0.25) is 0 Å². The van der Waals surface area contributed by atoms with Gasteiger partial charge in [0.15, 0.2) is 0 Å². The number of aldehydes is 1. The van der Waals surface area contributed by atoms with Crippen molar-refractivity contribution in [2.24, 2.45) is 0 Å². The minimum absolute atomic E-state index is 0.595. The van der Waals surface area contributed by atoms with E-state index < -0.39 is 5.60 Å². The van der Waals surface area contributed by atoms with Crippen molar-refractivity contribution in [3.05, 3.63) is 29.8 Å². The van der Waals surface area contributed by atoms with Crippen molar-refractivity contribution < 1.29 is 9.90 Å². The van der Waals surface area contributed by atoms with E-state index in [-0.39, 0.29) is 0 Å². The van der Waals surface area contributed by atoms with E-state index >= 15 is 0 Å². The van der Waals surface area contributed by atoms with Gasteiger partial charge in [-0.1, -0.05) is 26.0 Å². The van der Waals surface area contributed by atoms with Crippen molar-refractivity contribution in [1.82, 2.24) is 0 Å². The molecule has 0 unspecified atom stereocenters. The molecule has 0 amide bonds. The van der Waals surface area contributed by atoms with Crippen LogP contribution in [0.2, 0.25) is 0 Å². The molecule has 0 heterocycles. The minimum Gasteiger partial charge on any atom is -0.389 e. The third-order valence-electron chi connectivity index (χ3n) is 2.82. The summed E-state index contributed by atoms with van der Waals surface area (Å²) in [5.41, 5.74) is 0.0866. The zero-order valence-electron chi connectivity index (χ0n) is 9.77. The number of thioether (sulfide) groups is 1. The average molecular weight is 238 g/mol. The van der Waals surface area contributed by atoms with Crippen LogP contribution in [0.5, 0.6) is 0 Å². The van der Waals surface area contributed by atoms with Crippen molar-refractivity contribution in [1.29, 1.82) is 0 Å². The Hall–Kier alpha value is -0.800. The molecular weight excluding hydrogens is 220 g/mol. The van der Waals surface area contributed by atoms with Gasteiger partial charge in [0, 0.05) is 16.2 Å². The second-order valence-corrected chi connectivity index (χ2v) is 4.96. The summed E-state index contributed by atoms with van der Waals surface area (Å²) >= 11 is 1.60. The fourth-order valence-electron chi connectivity index (χ4n) is 1.35. The Morgan fingerprint density at radius 2 is 2.06 bits per heavy atom. The Morgan fingerprint density at radius 1 is 1.38 bits per heavy atom. The average Bonchev–Trinajstić information content (AvgIpc) is 2.36. The van der Waals surface area contributed by atoms with E-state index in [1.54, 1.807) is 17.8 Å². The molecule has 0 aromatic heterocycles. The summed E-state index contributed by atoms with van der Waals surface area (Å²) in [5.74, 6) is 0.669. The first-order valence-electron chi connectivity index (χ1n) is 5.54. The molecule has 88 valence electrons. The molecule has 1 aromatic carbocycles. The van der Waals surface area contributed by atoms with Crippen LogP contribution in [-0.4, -0.2) is 22.7 Å². The molecule has 16 heavy (non-hydrogen) atoms.